The molecule has 0 aliphatic heterocycles. The molecular weight excluding hydrogens is 228 g/mol. The number of benzene rings is 2. The SMILES string of the molecule is C=C(C)C(=O)Oc1ccc2cc(O)c(C)cc2c1. The van der Waals surface area contributed by atoms with Gasteiger partial charge in [0.15, 0.2) is 0 Å². The fourth-order valence-corrected chi connectivity index (χ4v) is 1.64. The maximum Gasteiger partial charge on any atom is 0.338 e. The van der Waals surface area contributed by atoms with Crippen LogP contribution in [0.2, 0.25) is 0 Å². The molecule has 3 nitrogen and oxygen atoms in total. The summed E-state index contributed by atoms with van der Waals surface area (Å²) in [5.74, 6) is 0.291. The average Bonchev–Trinajstić information content (AvgIpc) is 2.31. The number of aromatic hydroxyl groups is 1. The summed E-state index contributed by atoms with van der Waals surface area (Å²) in [4.78, 5) is 11.4. The van der Waals surface area contributed by atoms with Crippen LogP contribution in [-0.4, -0.2) is 11.1 Å². The first kappa shape index (κ1) is 12.2. The van der Waals surface area contributed by atoms with E-state index in [1.165, 1.54) is 0 Å². The third kappa shape index (κ3) is 2.35. The fraction of sp³-hybridized carbons (Fsp3) is 0.133. The number of hydrogen-bond donors (Lipinski definition) is 1. The number of fused-ring (bicyclic) bond motifs is 1. The Hall–Kier alpha value is -2.29. The van der Waals surface area contributed by atoms with Crippen LogP contribution in [0.4, 0.5) is 0 Å². The van der Waals surface area contributed by atoms with E-state index in [1.807, 2.05) is 13.0 Å². The van der Waals surface area contributed by atoms with Crippen molar-refractivity contribution in [2.24, 2.45) is 0 Å². The molecule has 1 N–H and O–H groups in total. The number of ether oxygens (including phenoxy) is 1. The molecule has 0 spiro atoms. The smallest absolute Gasteiger partial charge is 0.338 e. The predicted octanol–water partition coefficient (Wildman–Crippen LogP) is 3.34. The van der Waals surface area contributed by atoms with Gasteiger partial charge in [0, 0.05) is 5.57 Å². The van der Waals surface area contributed by atoms with E-state index in [-0.39, 0.29) is 5.75 Å². The van der Waals surface area contributed by atoms with E-state index in [0.717, 1.165) is 16.3 Å². The molecule has 0 saturated heterocycles. The maximum absolute atomic E-state index is 11.4. The lowest BCUT2D eigenvalue weighted by Crippen LogP contribution is -2.07. The van der Waals surface area contributed by atoms with Crippen LogP contribution in [0.25, 0.3) is 10.8 Å². The van der Waals surface area contributed by atoms with Gasteiger partial charge in [-0.05, 0) is 54.4 Å². The van der Waals surface area contributed by atoms with Crippen molar-refractivity contribution in [3.8, 4) is 11.5 Å². The monoisotopic (exact) mass is 242 g/mol. The summed E-state index contributed by atoms with van der Waals surface area (Å²) in [6.45, 7) is 6.96. The molecule has 0 atom stereocenters. The quantitative estimate of drug-likeness (QED) is 0.499. The van der Waals surface area contributed by atoms with Crippen molar-refractivity contribution in [3.05, 3.63) is 48.0 Å². The number of carbonyl (C=O) groups excluding carboxylic acids is 1. The minimum atomic E-state index is -0.440. The van der Waals surface area contributed by atoms with Gasteiger partial charge in [-0.3, -0.25) is 0 Å². The summed E-state index contributed by atoms with van der Waals surface area (Å²) in [7, 11) is 0. The average molecular weight is 242 g/mol. The molecule has 0 unspecified atom stereocenters. The second-order valence-electron chi connectivity index (χ2n) is 4.32. The lowest BCUT2D eigenvalue weighted by atomic mass is 10.1. The number of phenolic OH excluding ortho intramolecular Hbond substituents is 1. The second-order valence-corrected chi connectivity index (χ2v) is 4.32. The van der Waals surface area contributed by atoms with Crippen molar-refractivity contribution in [2.45, 2.75) is 13.8 Å². The number of esters is 1. The molecule has 0 aromatic heterocycles. The van der Waals surface area contributed by atoms with E-state index in [4.69, 9.17) is 4.74 Å². The first-order chi connectivity index (χ1) is 8.47. The standard InChI is InChI=1S/C15H14O3/c1-9(2)15(17)18-13-5-4-11-8-14(16)10(3)6-12(11)7-13/h4-8,16H,1H2,2-3H3. The molecule has 0 radical (unpaired) electrons. The van der Waals surface area contributed by atoms with Crippen LogP contribution in [0.15, 0.2) is 42.5 Å². The lowest BCUT2D eigenvalue weighted by Gasteiger charge is -2.07. The zero-order valence-electron chi connectivity index (χ0n) is 10.4. The third-order valence-electron chi connectivity index (χ3n) is 2.69. The molecule has 92 valence electrons. The molecule has 0 fully saturated rings. The van der Waals surface area contributed by atoms with Crippen molar-refractivity contribution in [1.82, 2.24) is 0 Å². The molecule has 0 bridgehead atoms. The Labute approximate surface area is 105 Å². The summed E-state index contributed by atoms with van der Waals surface area (Å²) in [5, 5.41) is 11.4. The largest absolute Gasteiger partial charge is 0.508 e. The van der Waals surface area contributed by atoms with E-state index in [0.29, 0.717) is 11.3 Å². The Kier molecular flexibility index (Phi) is 3.06. The van der Waals surface area contributed by atoms with Crippen molar-refractivity contribution in [2.75, 3.05) is 0 Å². The van der Waals surface area contributed by atoms with Crippen LogP contribution < -0.4 is 4.74 Å². The number of hydrogen-bond acceptors (Lipinski definition) is 3. The highest BCUT2D eigenvalue weighted by Crippen LogP contribution is 2.27. The number of carbonyl (C=O) groups is 1. The Morgan fingerprint density at radius 1 is 1.22 bits per heavy atom. The van der Waals surface area contributed by atoms with E-state index >= 15 is 0 Å². The second kappa shape index (κ2) is 4.53. The van der Waals surface area contributed by atoms with Gasteiger partial charge in [-0.2, -0.15) is 0 Å². The van der Waals surface area contributed by atoms with Gasteiger partial charge in [-0.25, -0.2) is 4.79 Å². The maximum atomic E-state index is 11.4. The molecule has 2 aromatic rings. The highest BCUT2D eigenvalue weighted by atomic mass is 16.5. The highest BCUT2D eigenvalue weighted by molar-refractivity contribution is 5.90. The van der Waals surface area contributed by atoms with Gasteiger partial charge in [0.25, 0.3) is 0 Å². The minimum absolute atomic E-state index is 0.259. The Morgan fingerprint density at radius 2 is 1.94 bits per heavy atom. The predicted molar refractivity (Wildman–Crippen MR) is 70.8 cm³/mol. The van der Waals surface area contributed by atoms with Gasteiger partial charge < -0.3 is 9.84 Å². The molecule has 2 aromatic carbocycles. The normalized spacial score (nSPS) is 10.3. The number of rotatable bonds is 2. The van der Waals surface area contributed by atoms with E-state index in [1.54, 1.807) is 31.2 Å². The summed E-state index contributed by atoms with van der Waals surface area (Å²) in [6, 6.07) is 8.80. The molecule has 0 amide bonds. The van der Waals surface area contributed by atoms with Crippen LogP contribution >= 0.6 is 0 Å². The highest BCUT2D eigenvalue weighted by Gasteiger charge is 2.07. The van der Waals surface area contributed by atoms with Gasteiger partial charge >= 0.3 is 5.97 Å². The van der Waals surface area contributed by atoms with Crippen molar-refractivity contribution < 1.29 is 14.6 Å². The summed E-state index contributed by atoms with van der Waals surface area (Å²) in [5.41, 5.74) is 1.14. The number of phenols is 1. The van der Waals surface area contributed by atoms with Crippen LogP contribution in [0.3, 0.4) is 0 Å². The molecule has 0 saturated carbocycles. The summed E-state index contributed by atoms with van der Waals surface area (Å²) >= 11 is 0. The van der Waals surface area contributed by atoms with Crippen LogP contribution in [0.1, 0.15) is 12.5 Å². The van der Waals surface area contributed by atoms with Gasteiger partial charge in [0.1, 0.15) is 11.5 Å². The Balaban J connectivity index is 2.41. The topological polar surface area (TPSA) is 46.5 Å². The van der Waals surface area contributed by atoms with Crippen LogP contribution in [-0.2, 0) is 4.79 Å². The Bertz CT molecular complexity index is 641. The molecule has 3 heteroatoms. The summed E-state index contributed by atoms with van der Waals surface area (Å²) < 4.78 is 5.15. The fourth-order valence-electron chi connectivity index (χ4n) is 1.64. The first-order valence-electron chi connectivity index (χ1n) is 5.58. The molecule has 0 aliphatic carbocycles. The van der Waals surface area contributed by atoms with Crippen molar-refractivity contribution in [1.29, 1.82) is 0 Å². The van der Waals surface area contributed by atoms with Gasteiger partial charge in [0.05, 0.1) is 0 Å². The zero-order valence-corrected chi connectivity index (χ0v) is 10.4. The number of aryl methyl sites for hydroxylation is 1. The first-order valence-corrected chi connectivity index (χ1v) is 5.58. The van der Waals surface area contributed by atoms with E-state index < -0.39 is 5.97 Å². The molecule has 0 heterocycles. The Morgan fingerprint density at radius 3 is 2.61 bits per heavy atom. The lowest BCUT2D eigenvalue weighted by molar-refractivity contribution is -0.130. The summed E-state index contributed by atoms with van der Waals surface area (Å²) in [6.07, 6.45) is 0. The third-order valence-corrected chi connectivity index (χ3v) is 2.69. The van der Waals surface area contributed by atoms with Crippen LogP contribution in [0, 0.1) is 6.92 Å². The zero-order chi connectivity index (χ0) is 13.3. The van der Waals surface area contributed by atoms with Gasteiger partial charge in [-0.15, -0.1) is 0 Å². The molecule has 18 heavy (non-hydrogen) atoms. The van der Waals surface area contributed by atoms with Gasteiger partial charge in [0.2, 0.25) is 0 Å². The van der Waals surface area contributed by atoms with Crippen LogP contribution in [0.5, 0.6) is 11.5 Å². The van der Waals surface area contributed by atoms with E-state index in [9.17, 15) is 9.90 Å². The van der Waals surface area contributed by atoms with Crippen molar-refractivity contribution in [3.63, 3.8) is 0 Å². The van der Waals surface area contributed by atoms with E-state index in [2.05, 4.69) is 6.58 Å². The van der Waals surface area contributed by atoms with Crippen molar-refractivity contribution >= 4 is 16.7 Å². The molecule has 2 rings (SSSR count). The molecule has 0 aliphatic rings. The van der Waals surface area contributed by atoms with Gasteiger partial charge in [-0.1, -0.05) is 12.6 Å². The molecular formula is C15H14O3. The minimum Gasteiger partial charge on any atom is -0.508 e.